The Morgan fingerprint density at radius 3 is 2.61 bits per heavy atom. The highest BCUT2D eigenvalue weighted by atomic mass is 127. The van der Waals surface area contributed by atoms with Crippen molar-refractivity contribution in [3.05, 3.63) is 29.8 Å². The van der Waals surface area contributed by atoms with Gasteiger partial charge in [-0.3, -0.25) is 14.6 Å². The molecule has 1 aromatic carbocycles. The van der Waals surface area contributed by atoms with E-state index in [-0.39, 0.29) is 41.8 Å². The summed E-state index contributed by atoms with van der Waals surface area (Å²) in [7, 11) is 1.76. The number of benzene rings is 1. The average molecular weight is 502 g/mol. The number of guanidine groups is 1. The zero-order valence-corrected chi connectivity index (χ0v) is 19.2. The highest BCUT2D eigenvalue weighted by molar-refractivity contribution is 14.0. The van der Waals surface area contributed by atoms with Gasteiger partial charge in [-0.2, -0.15) is 0 Å². The Kier molecular flexibility index (Phi) is 10.9. The van der Waals surface area contributed by atoms with E-state index in [1.54, 1.807) is 7.05 Å². The number of anilines is 1. The molecule has 1 unspecified atom stereocenters. The molecule has 1 amide bonds. The van der Waals surface area contributed by atoms with Crippen molar-refractivity contribution in [2.45, 2.75) is 33.1 Å². The summed E-state index contributed by atoms with van der Waals surface area (Å²) in [6.45, 7) is 6.03. The molecule has 8 heteroatoms. The molecule has 0 radical (unpaired) electrons. The molecule has 0 aliphatic carbocycles. The number of likely N-dealkylation sites (tertiary alicyclic amines) is 1. The zero-order chi connectivity index (χ0) is 19.6. The summed E-state index contributed by atoms with van der Waals surface area (Å²) < 4.78 is 5.16. The number of esters is 1. The van der Waals surface area contributed by atoms with Crippen LogP contribution in [0.3, 0.4) is 0 Å². The Morgan fingerprint density at radius 1 is 1.29 bits per heavy atom. The first-order chi connectivity index (χ1) is 13.0. The van der Waals surface area contributed by atoms with Gasteiger partial charge in [0.2, 0.25) is 5.91 Å². The van der Waals surface area contributed by atoms with E-state index in [9.17, 15) is 9.59 Å². The van der Waals surface area contributed by atoms with E-state index in [4.69, 9.17) is 4.74 Å². The molecule has 1 atom stereocenters. The monoisotopic (exact) mass is 502 g/mol. The molecule has 1 aromatic rings. The number of nitrogens with zero attached hydrogens (tertiary/aromatic N) is 2. The molecule has 0 bridgehead atoms. The van der Waals surface area contributed by atoms with Crippen molar-refractivity contribution in [2.24, 2.45) is 10.9 Å². The van der Waals surface area contributed by atoms with E-state index in [2.05, 4.69) is 20.5 Å². The lowest BCUT2D eigenvalue weighted by Gasteiger charge is -2.34. The molecule has 2 N–H and O–H groups in total. The first-order valence-corrected chi connectivity index (χ1v) is 9.52. The molecule has 0 saturated carbocycles. The molecule has 2 rings (SSSR count). The number of nitrogens with one attached hydrogen (secondary N) is 2. The first kappa shape index (κ1) is 24.2. The molecule has 0 spiro atoms. The number of hydrogen-bond acceptors (Lipinski definition) is 4. The van der Waals surface area contributed by atoms with Gasteiger partial charge in [-0.05, 0) is 43.9 Å². The number of ether oxygens (including phenoxy) is 1. The molecule has 156 valence electrons. The van der Waals surface area contributed by atoms with Crippen LogP contribution in [0.2, 0.25) is 0 Å². The molecule has 1 aliphatic heterocycles. The van der Waals surface area contributed by atoms with E-state index < -0.39 is 0 Å². The number of carbonyl (C=O) groups excluding carboxylic acids is 2. The fourth-order valence-corrected chi connectivity index (χ4v) is 3.23. The minimum absolute atomic E-state index is 0. The molecule has 1 saturated heterocycles. The lowest BCUT2D eigenvalue weighted by Crippen LogP contribution is -2.48. The maximum Gasteiger partial charge on any atom is 0.310 e. The Morgan fingerprint density at radius 2 is 2.00 bits per heavy atom. The van der Waals surface area contributed by atoms with Gasteiger partial charge in [0.05, 0.1) is 12.5 Å². The molecule has 1 heterocycles. The predicted octanol–water partition coefficient (Wildman–Crippen LogP) is 2.66. The number of piperidine rings is 1. The topological polar surface area (TPSA) is 83.0 Å². The van der Waals surface area contributed by atoms with E-state index >= 15 is 0 Å². The average Bonchev–Trinajstić information content (AvgIpc) is 2.66. The first-order valence-electron chi connectivity index (χ1n) is 9.52. The van der Waals surface area contributed by atoms with Crippen LogP contribution >= 0.6 is 24.0 Å². The van der Waals surface area contributed by atoms with Crippen LogP contribution < -0.4 is 10.6 Å². The van der Waals surface area contributed by atoms with E-state index in [0.29, 0.717) is 13.2 Å². The highest BCUT2D eigenvalue weighted by Gasteiger charge is 2.28. The molecular formula is C20H31IN4O3. The fourth-order valence-electron chi connectivity index (χ4n) is 3.23. The van der Waals surface area contributed by atoms with Crippen molar-refractivity contribution >= 4 is 47.5 Å². The number of carbonyl (C=O) groups is 2. The summed E-state index contributed by atoms with van der Waals surface area (Å²) >= 11 is 0. The maximum atomic E-state index is 12.0. The smallest absolute Gasteiger partial charge is 0.310 e. The normalized spacial score (nSPS) is 16.8. The molecule has 7 nitrogen and oxygen atoms in total. The van der Waals surface area contributed by atoms with Crippen LogP contribution in [0.1, 0.15) is 32.3 Å². The SMILES string of the molecule is CCOC(=O)C1CCCN(C(=NC)NCCc2ccc(NC(C)=O)cc2)C1.I. The van der Waals surface area contributed by atoms with Crippen molar-refractivity contribution in [1.29, 1.82) is 0 Å². The minimum Gasteiger partial charge on any atom is -0.466 e. The maximum absolute atomic E-state index is 12.0. The number of halogens is 1. The van der Waals surface area contributed by atoms with Crippen molar-refractivity contribution in [2.75, 3.05) is 38.6 Å². The lowest BCUT2D eigenvalue weighted by molar-refractivity contribution is -0.149. The van der Waals surface area contributed by atoms with E-state index in [1.165, 1.54) is 12.5 Å². The van der Waals surface area contributed by atoms with Crippen LogP contribution in [-0.4, -0.2) is 56.0 Å². The van der Waals surface area contributed by atoms with Crippen LogP contribution in [-0.2, 0) is 20.7 Å². The standard InChI is InChI=1S/C20H30N4O3.HI/c1-4-27-19(26)17-6-5-13-24(14-17)20(21-3)22-12-11-16-7-9-18(10-8-16)23-15(2)25;/h7-10,17H,4-6,11-14H2,1-3H3,(H,21,22)(H,23,25);1H. The third-order valence-electron chi connectivity index (χ3n) is 4.52. The second-order valence-electron chi connectivity index (χ2n) is 6.64. The molecule has 28 heavy (non-hydrogen) atoms. The summed E-state index contributed by atoms with van der Waals surface area (Å²) in [5.41, 5.74) is 1.98. The van der Waals surface area contributed by atoms with Gasteiger partial charge < -0.3 is 20.3 Å². The molecular weight excluding hydrogens is 471 g/mol. The fraction of sp³-hybridized carbons (Fsp3) is 0.550. The van der Waals surface area contributed by atoms with Crippen LogP contribution in [0.25, 0.3) is 0 Å². The minimum atomic E-state index is -0.114. The predicted molar refractivity (Wildman–Crippen MR) is 122 cm³/mol. The van der Waals surface area contributed by atoms with Gasteiger partial charge in [-0.15, -0.1) is 24.0 Å². The lowest BCUT2D eigenvalue weighted by atomic mass is 9.98. The summed E-state index contributed by atoms with van der Waals surface area (Å²) in [6, 6.07) is 7.82. The molecule has 1 fully saturated rings. The van der Waals surface area contributed by atoms with Gasteiger partial charge in [0.1, 0.15) is 0 Å². The van der Waals surface area contributed by atoms with Crippen LogP contribution in [0.4, 0.5) is 5.69 Å². The van der Waals surface area contributed by atoms with Gasteiger partial charge in [0.25, 0.3) is 0 Å². The zero-order valence-electron chi connectivity index (χ0n) is 16.9. The number of amides is 1. The summed E-state index contributed by atoms with van der Waals surface area (Å²) in [4.78, 5) is 29.6. The quantitative estimate of drug-likeness (QED) is 0.271. The Bertz CT molecular complexity index is 664. The Hall–Kier alpha value is -1.84. The van der Waals surface area contributed by atoms with Gasteiger partial charge in [-0.1, -0.05) is 12.1 Å². The van der Waals surface area contributed by atoms with Gasteiger partial charge >= 0.3 is 5.97 Å². The molecule has 0 aromatic heterocycles. The van der Waals surface area contributed by atoms with E-state index in [0.717, 1.165) is 44.0 Å². The van der Waals surface area contributed by atoms with Crippen LogP contribution in [0.15, 0.2) is 29.3 Å². The number of aliphatic imine (C=N–C) groups is 1. The largest absolute Gasteiger partial charge is 0.466 e. The van der Waals surface area contributed by atoms with Crippen LogP contribution in [0, 0.1) is 5.92 Å². The van der Waals surface area contributed by atoms with Crippen molar-refractivity contribution in [3.63, 3.8) is 0 Å². The second kappa shape index (κ2) is 12.6. The highest BCUT2D eigenvalue weighted by Crippen LogP contribution is 2.18. The van der Waals surface area contributed by atoms with Gasteiger partial charge in [-0.25, -0.2) is 0 Å². The number of hydrogen-bond donors (Lipinski definition) is 2. The summed E-state index contributed by atoms with van der Waals surface area (Å²) in [5, 5.41) is 6.14. The third-order valence-corrected chi connectivity index (χ3v) is 4.52. The number of rotatable bonds is 6. The van der Waals surface area contributed by atoms with Crippen molar-refractivity contribution in [3.8, 4) is 0 Å². The van der Waals surface area contributed by atoms with Crippen LogP contribution in [0.5, 0.6) is 0 Å². The van der Waals surface area contributed by atoms with Gasteiger partial charge in [0, 0.05) is 39.3 Å². The Balaban J connectivity index is 0.00000392. The van der Waals surface area contributed by atoms with Crippen molar-refractivity contribution < 1.29 is 14.3 Å². The summed E-state index contributed by atoms with van der Waals surface area (Å²) in [6.07, 6.45) is 2.66. The summed E-state index contributed by atoms with van der Waals surface area (Å²) in [5.74, 6) is 0.546. The Labute approximate surface area is 184 Å². The second-order valence-corrected chi connectivity index (χ2v) is 6.64. The van der Waals surface area contributed by atoms with E-state index in [1.807, 2.05) is 31.2 Å². The molecule has 1 aliphatic rings. The van der Waals surface area contributed by atoms with Crippen molar-refractivity contribution in [1.82, 2.24) is 10.2 Å². The van der Waals surface area contributed by atoms with Gasteiger partial charge in [0.15, 0.2) is 5.96 Å². The third kappa shape index (κ3) is 7.65.